The van der Waals surface area contributed by atoms with Gasteiger partial charge in [0.1, 0.15) is 0 Å². The Hall–Kier alpha value is -1.28. The second-order valence-electron chi connectivity index (χ2n) is 4.90. The van der Waals surface area contributed by atoms with Crippen molar-refractivity contribution in [3.05, 3.63) is 35.9 Å². The Morgan fingerprint density at radius 3 is 2.35 bits per heavy atom. The summed E-state index contributed by atoms with van der Waals surface area (Å²) >= 11 is 0. The van der Waals surface area contributed by atoms with E-state index in [9.17, 15) is 0 Å². The van der Waals surface area contributed by atoms with Gasteiger partial charge < -0.3 is 4.90 Å². The molecule has 1 aliphatic rings. The third kappa shape index (κ3) is 3.60. The van der Waals surface area contributed by atoms with Gasteiger partial charge in [-0.25, -0.2) is 0 Å². The van der Waals surface area contributed by atoms with Crippen LogP contribution in [0, 0.1) is 0 Å². The Bertz CT molecular complexity index is 359. The first kappa shape index (κ1) is 12.2. The van der Waals surface area contributed by atoms with E-state index in [1.165, 1.54) is 37.2 Å². The number of anilines is 1. The van der Waals surface area contributed by atoms with Gasteiger partial charge in [-0.1, -0.05) is 24.3 Å². The van der Waals surface area contributed by atoms with Crippen LogP contribution < -0.4 is 4.90 Å². The standard InChI is InChI=1S/C15H22N2/c1-16(2)15-9-7-14(8-10-15)6-5-13-17-11-3-4-12-17/h5-10H,3-4,11-13H2,1-2H3/b6-5+. The maximum absolute atomic E-state index is 2.50. The number of hydrogen-bond acceptors (Lipinski definition) is 2. The van der Waals surface area contributed by atoms with Gasteiger partial charge in [0.05, 0.1) is 0 Å². The molecule has 1 fully saturated rings. The molecule has 0 aromatic heterocycles. The highest BCUT2D eigenvalue weighted by Gasteiger charge is 2.08. The zero-order chi connectivity index (χ0) is 12.1. The predicted octanol–water partition coefficient (Wildman–Crippen LogP) is 2.86. The van der Waals surface area contributed by atoms with Crippen molar-refractivity contribution in [3.63, 3.8) is 0 Å². The largest absolute Gasteiger partial charge is 0.378 e. The first-order valence-corrected chi connectivity index (χ1v) is 6.42. The van der Waals surface area contributed by atoms with Crippen LogP contribution in [0.25, 0.3) is 6.08 Å². The van der Waals surface area contributed by atoms with Crippen LogP contribution in [0.1, 0.15) is 18.4 Å². The highest BCUT2D eigenvalue weighted by Crippen LogP contribution is 2.13. The Morgan fingerprint density at radius 2 is 1.76 bits per heavy atom. The lowest BCUT2D eigenvalue weighted by Gasteiger charge is -2.12. The molecule has 1 heterocycles. The first-order valence-electron chi connectivity index (χ1n) is 6.42. The molecular weight excluding hydrogens is 208 g/mol. The van der Waals surface area contributed by atoms with Crippen LogP contribution in [0.3, 0.4) is 0 Å². The van der Waals surface area contributed by atoms with E-state index in [4.69, 9.17) is 0 Å². The summed E-state index contributed by atoms with van der Waals surface area (Å²) in [5.74, 6) is 0. The molecule has 2 rings (SSSR count). The van der Waals surface area contributed by atoms with Gasteiger partial charge in [0.15, 0.2) is 0 Å². The highest BCUT2D eigenvalue weighted by molar-refractivity contribution is 5.55. The minimum absolute atomic E-state index is 1.09. The molecule has 1 aliphatic heterocycles. The normalized spacial score (nSPS) is 16.8. The molecule has 17 heavy (non-hydrogen) atoms. The number of hydrogen-bond donors (Lipinski definition) is 0. The van der Waals surface area contributed by atoms with Crippen LogP contribution in [-0.2, 0) is 0 Å². The monoisotopic (exact) mass is 230 g/mol. The van der Waals surface area contributed by atoms with E-state index >= 15 is 0 Å². The van der Waals surface area contributed by atoms with Crippen LogP contribution in [0.2, 0.25) is 0 Å². The van der Waals surface area contributed by atoms with E-state index < -0.39 is 0 Å². The average Bonchev–Trinajstić information content (AvgIpc) is 2.83. The molecule has 0 unspecified atom stereocenters. The number of likely N-dealkylation sites (tertiary alicyclic amines) is 1. The summed E-state index contributed by atoms with van der Waals surface area (Å²) < 4.78 is 0. The molecule has 2 nitrogen and oxygen atoms in total. The minimum atomic E-state index is 1.09. The lowest BCUT2D eigenvalue weighted by molar-refractivity contribution is 0.378. The van der Waals surface area contributed by atoms with Crippen LogP contribution in [0.15, 0.2) is 30.3 Å². The van der Waals surface area contributed by atoms with Crippen molar-refractivity contribution >= 4 is 11.8 Å². The Morgan fingerprint density at radius 1 is 1.12 bits per heavy atom. The zero-order valence-corrected chi connectivity index (χ0v) is 10.9. The van der Waals surface area contributed by atoms with E-state index in [2.05, 4.69) is 60.3 Å². The third-order valence-corrected chi connectivity index (χ3v) is 3.28. The summed E-state index contributed by atoms with van der Waals surface area (Å²) in [6.45, 7) is 3.63. The summed E-state index contributed by atoms with van der Waals surface area (Å²) in [6.07, 6.45) is 7.23. The van der Waals surface area contributed by atoms with Crippen molar-refractivity contribution < 1.29 is 0 Å². The van der Waals surface area contributed by atoms with Crippen LogP contribution in [0.5, 0.6) is 0 Å². The number of benzene rings is 1. The van der Waals surface area contributed by atoms with Crippen LogP contribution in [-0.4, -0.2) is 38.6 Å². The average molecular weight is 230 g/mol. The summed E-state index contributed by atoms with van der Waals surface area (Å²) in [7, 11) is 4.14. The molecule has 0 atom stereocenters. The van der Waals surface area contributed by atoms with Gasteiger partial charge in [-0.3, -0.25) is 4.90 Å². The van der Waals surface area contributed by atoms with Gasteiger partial charge in [-0.2, -0.15) is 0 Å². The van der Waals surface area contributed by atoms with Crippen molar-refractivity contribution in [1.82, 2.24) is 4.90 Å². The van der Waals surface area contributed by atoms with E-state index in [1.54, 1.807) is 0 Å². The third-order valence-electron chi connectivity index (χ3n) is 3.28. The van der Waals surface area contributed by atoms with E-state index in [-0.39, 0.29) is 0 Å². The maximum atomic E-state index is 2.50. The van der Waals surface area contributed by atoms with Gasteiger partial charge in [0, 0.05) is 26.3 Å². The van der Waals surface area contributed by atoms with Crippen molar-refractivity contribution in [2.24, 2.45) is 0 Å². The Balaban J connectivity index is 1.87. The molecular formula is C15H22N2. The molecule has 0 saturated carbocycles. The van der Waals surface area contributed by atoms with E-state index in [1.807, 2.05) is 0 Å². The second-order valence-corrected chi connectivity index (χ2v) is 4.90. The molecule has 0 N–H and O–H groups in total. The predicted molar refractivity (Wildman–Crippen MR) is 75.5 cm³/mol. The summed E-state index contributed by atoms with van der Waals surface area (Å²) in [4.78, 5) is 4.63. The fourth-order valence-corrected chi connectivity index (χ4v) is 2.19. The lowest BCUT2D eigenvalue weighted by atomic mass is 10.2. The van der Waals surface area contributed by atoms with Gasteiger partial charge in [-0.05, 0) is 43.6 Å². The topological polar surface area (TPSA) is 6.48 Å². The number of rotatable bonds is 4. The van der Waals surface area contributed by atoms with Crippen molar-refractivity contribution in [2.75, 3.05) is 38.6 Å². The van der Waals surface area contributed by atoms with Gasteiger partial charge in [0.25, 0.3) is 0 Å². The molecule has 2 heteroatoms. The van der Waals surface area contributed by atoms with Crippen LogP contribution >= 0.6 is 0 Å². The Kier molecular flexibility index (Phi) is 4.21. The van der Waals surface area contributed by atoms with Gasteiger partial charge in [-0.15, -0.1) is 0 Å². The summed E-state index contributed by atoms with van der Waals surface area (Å²) in [6, 6.07) is 8.68. The van der Waals surface area contributed by atoms with Crippen molar-refractivity contribution in [3.8, 4) is 0 Å². The summed E-state index contributed by atoms with van der Waals surface area (Å²) in [5, 5.41) is 0. The first-order chi connectivity index (χ1) is 8.25. The fraction of sp³-hybridized carbons (Fsp3) is 0.467. The summed E-state index contributed by atoms with van der Waals surface area (Å²) in [5.41, 5.74) is 2.54. The van der Waals surface area contributed by atoms with E-state index in [0.717, 1.165) is 6.54 Å². The zero-order valence-electron chi connectivity index (χ0n) is 10.9. The molecule has 0 amide bonds. The fourth-order valence-electron chi connectivity index (χ4n) is 2.19. The van der Waals surface area contributed by atoms with E-state index in [0.29, 0.717) is 0 Å². The maximum Gasteiger partial charge on any atom is 0.0361 e. The second kappa shape index (κ2) is 5.87. The molecule has 1 aromatic rings. The lowest BCUT2D eigenvalue weighted by Crippen LogP contribution is -2.18. The highest BCUT2D eigenvalue weighted by atomic mass is 15.1. The molecule has 0 bridgehead atoms. The van der Waals surface area contributed by atoms with Crippen LogP contribution in [0.4, 0.5) is 5.69 Å². The van der Waals surface area contributed by atoms with Gasteiger partial charge >= 0.3 is 0 Å². The molecule has 1 saturated heterocycles. The molecule has 0 radical (unpaired) electrons. The van der Waals surface area contributed by atoms with Crippen molar-refractivity contribution in [2.45, 2.75) is 12.8 Å². The molecule has 1 aromatic carbocycles. The minimum Gasteiger partial charge on any atom is -0.378 e. The quantitative estimate of drug-likeness (QED) is 0.785. The number of nitrogens with zero attached hydrogens (tertiary/aromatic N) is 2. The Labute approximate surface area is 105 Å². The molecule has 0 aliphatic carbocycles. The SMILES string of the molecule is CN(C)c1ccc(/C=C/CN2CCCC2)cc1. The van der Waals surface area contributed by atoms with Crippen molar-refractivity contribution in [1.29, 1.82) is 0 Å². The molecule has 0 spiro atoms. The molecule has 92 valence electrons. The smallest absolute Gasteiger partial charge is 0.0361 e. The van der Waals surface area contributed by atoms with Gasteiger partial charge in [0.2, 0.25) is 0 Å².